The fourth-order valence-electron chi connectivity index (χ4n) is 2.39. The maximum Gasteiger partial charge on any atom is 0.344 e. The van der Waals surface area contributed by atoms with E-state index in [-0.39, 0.29) is 6.04 Å². The summed E-state index contributed by atoms with van der Waals surface area (Å²) in [6.45, 7) is 3.81. The van der Waals surface area contributed by atoms with Gasteiger partial charge in [-0.25, -0.2) is 4.79 Å². The molecule has 0 aliphatic heterocycles. The van der Waals surface area contributed by atoms with Crippen molar-refractivity contribution in [1.29, 1.82) is 0 Å². The van der Waals surface area contributed by atoms with Gasteiger partial charge in [-0.1, -0.05) is 49.7 Å². The zero-order chi connectivity index (χ0) is 15.4. The Morgan fingerprint density at radius 3 is 2.62 bits per heavy atom. The lowest BCUT2D eigenvalue weighted by Gasteiger charge is -2.20. The van der Waals surface area contributed by atoms with Crippen molar-refractivity contribution < 1.29 is 14.6 Å². The van der Waals surface area contributed by atoms with E-state index < -0.39 is 12.1 Å². The molecule has 0 saturated carbocycles. The zero-order valence-electron chi connectivity index (χ0n) is 12.4. The largest absolute Gasteiger partial charge is 0.479 e. The van der Waals surface area contributed by atoms with E-state index in [4.69, 9.17) is 10.5 Å². The van der Waals surface area contributed by atoms with Crippen LogP contribution in [0.15, 0.2) is 36.4 Å². The molecule has 0 radical (unpaired) electrons. The van der Waals surface area contributed by atoms with Crippen LogP contribution in [-0.2, 0) is 4.79 Å². The van der Waals surface area contributed by atoms with Crippen molar-refractivity contribution in [2.45, 2.75) is 38.8 Å². The van der Waals surface area contributed by atoms with Gasteiger partial charge in [0.15, 0.2) is 6.10 Å². The third kappa shape index (κ3) is 3.34. The second-order valence-electron chi connectivity index (χ2n) is 5.23. The predicted molar refractivity (Wildman–Crippen MR) is 83.5 cm³/mol. The van der Waals surface area contributed by atoms with Crippen LogP contribution in [0.4, 0.5) is 0 Å². The van der Waals surface area contributed by atoms with Crippen LogP contribution < -0.4 is 10.5 Å². The highest BCUT2D eigenvalue weighted by molar-refractivity contribution is 5.90. The number of rotatable bonds is 6. The molecule has 4 nitrogen and oxygen atoms in total. The number of nitrogens with two attached hydrogens (primary N) is 1. The lowest BCUT2D eigenvalue weighted by atomic mass is 10.0. The minimum absolute atomic E-state index is 0.222. The Hall–Kier alpha value is -2.07. The molecule has 112 valence electrons. The van der Waals surface area contributed by atoms with Crippen molar-refractivity contribution in [3.8, 4) is 5.75 Å². The van der Waals surface area contributed by atoms with E-state index in [1.54, 1.807) is 0 Å². The molecule has 2 aromatic carbocycles. The molecule has 0 bridgehead atoms. The average molecular weight is 287 g/mol. The fourth-order valence-corrected chi connectivity index (χ4v) is 2.39. The Labute approximate surface area is 124 Å². The van der Waals surface area contributed by atoms with Crippen LogP contribution in [0.25, 0.3) is 10.8 Å². The van der Waals surface area contributed by atoms with Crippen LogP contribution in [0.1, 0.15) is 38.3 Å². The SMILES string of the molecule is CCCC(Oc1c([C@@H](C)N)ccc2ccccc12)C(=O)O. The van der Waals surface area contributed by atoms with Crippen LogP contribution >= 0.6 is 0 Å². The first-order valence-corrected chi connectivity index (χ1v) is 7.21. The van der Waals surface area contributed by atoms with Gasteiger partial charge in [0.25, 0.3) is 0 Å². The van der Waals surface area contributed by atoms with Gasteiger partial charge in [0.05, 0.1) is 0 Å². The Balaban J connectivity index is 2.53. The minimum atomic E-state index is -0.944. The van der Waals surface area contributed by atoms with E-state index in [1.165, 1.54) is 0 Å². The highest BCUT2D eigenvalue weighted by atomic mass is 16.5. The molecule has 0 amide bonds. The quantitative estimate of drug-likeness (QED) is 0.853. The summed E-state index contributed by atoms with van der Waals surface area (Å²) in [5.41, 5.74) is 6.83. The van der Waals surface area contributed by atoms with E-state index in [0.717, 1.165) is 22.8 Å². The van der Waals surface area contributed by atoms with Gasteiger partial charge in [-0.3, -0.25) is 0 Å². The Morgan fingerprint density at radius 1 is 1.29 bits per heavy atom. The van der Waals surface area contributed by atoms with E-state index in [2.05, 4.69) is 0 Å². The number of hydrogen-bond acceptors (Lipinski definition) is 3. The molecule has 2 atom stereocenters. The molecule has 0 heterocycles. The summed E-state index contributed by atoms with van der Waals surface area (Å²) in [6.07, 6.45) is 0.366. The monoisotopic (exact) mass is 287 g/mol. The number of carboxylic acids is 1. The Morgan fingerprint density at radius 2 is 2.00 bits per heavy atom. The van der Waals surface area contributed by atoms with E-state index in [1.807, 2.05) is 50.2 Å². The van der Waals surface area contributed by atoms with Gasteiger partial charge in [0.2, 0.25) is 0 Å². The number of carboxylic acid groups (broad SMARTS) is 1. The molecule has 0 saturated heterocycles. The lowest BCUT2D eigenvalue weighted by molar-refractivity contribution is -0.145. The number of benzene rings is 2. The van der Waals surface area contributed by atoms with Crippen LogP contribution in [0.2, 0.25) is 0 Å². The standard InChI is InChI=1S/C17H21NO3/c1-3-6-15(17(19)20)21-16-13(11(2)18)10-9-12-7-4-5-8-14(12)16/h4-5,7-11,15H,3,6,18H2,1-2H3,(H,19,20)/t11-,15?/m1/s1. The van der Waals surface area contributed by atoms with Gasteiger partial charge in [0.1, 0.15) is 5.75 Å². The molecule has 0 fully saturated rings. The molecular weight excluding hydrogens is 266 g/mol. The topological polar surface area (TPSA) is 72.5 Å². The molecule has 0 aliphatic rings. The second kappa shape index (κ2) is 6.59. The minimum Gasteiger partial charge on any atom is -0.479 e. The van der Waals surface area contributed by atoms with Gasteiger partial charge in [0, 0.05) is 17.0 Å². The van der Waals surface area contributed by atoms with Crippen molar-refractivity contribution in [2.24, 2.45) is 5.73 Å². The highest BCUT2D eigenvalue weighted by Gasteiger charge is 2.22. The van der Waals surface area contributed by atoms with Crippen molar-refractivity contribution in [3.63, 3.8) is 0 Å². The molecule has 3 N–H and O–H groups in total. The van der Waals surface area contributed by atoms with Gasteiger partial charge < -0.3 is 15.6 Å². The molecule has 2 rings (SSSR count). The molecule has 0 aromatic heterocycles. The molecule has 0 aliphatic carbocycles. The highest BCUT2D eigenvalue weighted by Crippen LogP contribution is 2.34. The fraction of sp³-hybridized carbons (Fsp3) is 0.353. The van der Waals surface area contributed by atoms with Gasteiger partial charge in [-0.15, -0.1) is 0 Å². The predicted octanol–water partition coefficient (Wildman–Crippen LogP) is 3.49. The molecule has 1 unspecified atom stereocenters. The van der Waals surface area contributed by atoms with Crippen molar-refractivity contribution >= 4 is 16.7 Å². The summed E-state index contributed by atoms with van der Waals surface area (Å²) in [5, 5.41) is 11.2. The summed E-state index contributed by atoms with van der Waals surface area (Å²) in [5.74, 6) is -0.357. The molecule has 4 heteroatoms. The van der Waals surface area contributed by atoms with E-state index in [0.29, 0.717) is 12.2 Å². The van der Waals surface area contributed by atoms with Crippen molar-refractivity contribution in [3.05, 3.63) is 42.0 Å². The van der Waals surface area contributed by atoms with Crippen LogP contribution in [0, 0.1) is 0 Å². The van der Waals surface area contributed by atoms with E-state index >= 15 is 0 Å². The third-order valence-electron chi connectivity index (χ3n) is 3.49. The van der Waals surface area contributed by atoms with Crippen LogP contribution in [-0.4, -0.2) is 17.2 Å². The first-order chi connectivity index (χ1) is 10.0. The number of fused-ring (bicyclic) bond motifs is 1. The molecule has 21 heavy (non-hydrogen) atoms. The summed E-state index contributed by atoms with van der Waals surface area (Å²) < 4.78 is 5.84. The van der Waals surface area contributed by atoms with Gasteiger partial charge >= 0.3 is 5.97 Å². The van der Waals surface area contributed by atoms with Gasteiger partial charge in [-0.2, -0.15) is 0 Å². The number of hydrogen-bond donors (Lipinski definition) is 2. The number of aliphatic carboxylic acids is 1. The zero-order valence-corrected chi connectivity index (χ0v) is 12.4. The number of carbonyl (C=O) groups is 1. The van der Waals surface area contributed by atoms with Crippen LogP contribution in [0.5, 0.6) is 5.75 Å². The molecule has 2 aromatic rings. The van der Waals surface area contributed by atoms with E-state index in [9.17, 15) is 9.90 Å². The maximum absolute atomic E-state index is 11.4. The summed E-state index contributed by atoms with van der Waals surface area (Å²) in [4.78, 5) is 11.4. The summed E-state index contributed by atoms with van der Waals surface area (Å²) in [6, 6.07) is 11.4. The second-order valence-corrected chi connectivity index (χ2v) is 5.23. The first kappa shape index (κ1) is 15.3. The Kier molecular flexibility index (Phi) is 4.81. The van der Waals surface area contributed by atoms with Crippen LogP contribution in [0.3, 0.4) is 0 Å². The summed E-state index contributed by atoms with van der Waals surface area (Å²) >= 11 is 0. The van der Waals surface area contributed by atoms with Crippen molar-refractivity contribution in [1.82, 2.24) is 0 Å². The molecular formula is C17H21NO3. The lowest BCUT2D eigenvalue weighted by Crippen LogP contribution is -2.27. The first-order valence-electron chi connectivity index (χ1n) is 7.21. The van der Waals surface area contributed by atoms with Crippen molar-refractivity contribution in [2.75, 3.05) is 0 Å². The Bertz CT molecular complexity index is 637. The summed E-state index contributed by atoms with van der Waals surface area (Å²) in [7, 11) is 0. The smallest absolute Gasteiger partial charge is 0.344 e. The average Bonchev–Trinajstić information content (AvgIpc) is 2.46. The van der Waals surface area contributed by atoms with Gasteiger partial charge in [-0.05, 0) is 18.7 Å². The maximum atomic E-state index is 11.4. The molecule has 0 spiro atoms. The third-order valence-corrected chi connectivity index (χ3v) is 3.49. The normalized spacial score (nSPS) is 13.9. The number of ether oxygens (including phenoxy) is 1.